The number of hydrogen-bond donors (Lipinski definition) is 1. The van der Waals surface area contributed by atoms with E-state index in [4.69, 9.17) is 9.47 Å². The maximum Gasteiger partial charge on any atom is 0.0826 e. The highest BCUT2D eigenvalue weighted by Crippen LogP contribution is 2.12. The van der Waals surface area contributed by atoms with Gasteiger partial charge in [0.1, 0.15) is 0 Å². The van der Waals surface area contributed by atoms with E-state index in [-0.39, 0.29) is 6.10 Å². The summed E-state index contributed by atoms with van der Waals surface area (Å²) in [7, 11) is 3.73. The molecule has 0 aromatic heterocycles. The second-order valence-corrected chi connectivity index (χ2v) is 4.23. The number of rotatable bonds is 5. The molecule has 1 aliphatic heterocycles. The lowest BCUT2D eigenvalue weighted by molar-refractivity contribution is -0.0625. The van der Waals surface area contributed by atoms with Gasteiger partial charge >= 0.3 is 0 Å². The fraction of sp³-hybridized carbons (Fsp3) is 1.00. The molecular formula is C11H24N2O2. The molecule has 1 heterocycles. The third kappa shape index (κ3) is 3.72. The van der Waals surface area contributed by atoms with Crippen LogP contribution in [0.5, 0.6) is 0 Å². The van der Waals surface area contributed by atoms with E-state index in [2.05, 4.69) is 24.1 Å². The Bertz CT molecular complexity index is 176. The summed E-state index contributed by atoms with van der Waals surface area (Å²) in [5.41, 5.74) is 0. The van der Waals surface area contributed by atoms with Crippen LogP contribution in [0.2, 0.25) is 0 Å². The van der Waals surface area contributed by atoms with Crippen LogP contribution in [0, 0.1) is 0 Å². The average molecular weight is 216 g/mol. The lowest BCUT2D eigenvalue weighted by Gasteiger charge is -2.38. The summed E-state index contributed by atoms with van der Waals surface area (Å²) in [6.45, 7) is 8.09. The third-order valence-corrected chi connectivity index (χ3v) is 3.23. The van der Waals surface area contributed by atoms with Gasteiger partial charge in [-0.15, -0.1) is 0 Å². The van der Waals surface area contributed by atoms with Crippen LogP contribution in [0.25, 0.3) is 0 Å². The Morgan fingerprint density at radius 2 is 2.27 bits per heavy atom. The van der Waals surface area contributed by atoms with Crippen LogP contribution in [0.3, 0.4) is 0 Å². The minimum absolute atomic E-state index is 0.276. The Morgan fingerprint density at radius 3 is 2.87 bits per heavy atom. The quantitative estimate of drug-likeness (QED) is 0.718. The van der Waals surface area contributed by atoms with Crippen molar-refractivity contribution >= 4 is 0 Å². The highest BCUT2D eigenvalue weighted by molar-refractivity contribution is 4.79. The van der Waals surface area contributed by atoms with Gasteiger partial charge in [0.25, 0.3) is 0 Å². The van der Waals surface area contributed by atoms with Crippen molar-refractivity contribution in [1.82, 2.24) is 10.2 Å². The summed E-state index contributed by atoms with van der Waals surface area (Å²) in [5, 5.41) is 3.16. The molecule has 90 valence electrons. The van der Waals surface area contributed by atoms with Crippen LogP contribution in [-0.4, -0.2) is 63.5 Å². The Labute approximate surface area is 92.9 Å². The van der Waals surface area contributed by atoms with Gasteiger partial charge in [-0.3, -0.25) is 4.90 Å². The molecule has 3 unspecified atom stereocenters. The maximum atomic E-state index is 5.67. The summed E-state index contributed by atoms with van der Waals surface area (Å²) in [5.74, 6) is 0. The van der Waals surface area contributed by atoms with Crippen LogP contribution in [0.1, 0.15) is 13.8 Å². The normalized spacial score (nSPS) is 27.6. The van der Waals surface area contributed by atoms with Gasteiger partial charge in [-0.2, -0.15) is 0 Å². The van der Waals surface area contributed by atoms with Crippen molar-refractivity contribution in [2.24, 2.45) is 0 Å². The molecule has 0 radical (unpaired) electrons. The van der Waals surface area contributed by atoms with Crippen LogP contribution >= 0.6 is 0 Å². The molecule has 0 aromatic rings. The standard InChI is InChI=1S/C11H24N2O2/c1-9(10(2)14-4)13-5-6-15-11(8-13)7-12-3/h9-12H,5-8H2,1-4H3. The number of morpholine rings is 1. The molecule has 0 spiro atoms. The molecule has 1 saturated heterocycles. The number of nitrogens with zero attached hydrogens (tertiary/aromatic N) is 1. The van der Waals surface area contributed by atoms with Gasteiger partial charge in [0.15, 0.2) is 0 Å². The first-order valence-corrected chi connectivity index (χ1v) is 5.72. The van der Waals surface area contributed by atoms with Gasteiger partial charge in [0.05, 0.1) is 18.8 Å². The zero-order chi connectivity index (χ0) is 11.3. The monoisotopic (exact) mass is 216 g/mol. The van der Waals surface area contributed by atoms with Gasteiger partial charge in [0.2, 0.25) is 0 Å². The van der Waals surface area contributed by atoms with Crippen LogP contribution in [0.15, 0.2) is 0 Å². The number of nitrogens with one attached hydrogen (secondary N) is 1. The number of methoxy groups -OCH3 is 1. The Balaban J connectivity index is 2.41. The number of ether oxygens (including phenoxy) is 2. The fourth-order valence-corrected chi connectivity index (χ4v) is 1.96. The molecule has 0 saturated carbocycles. The summed E-state index contributed by atoms with van der Waals surface area (Å²) in [6.07, 6.45) is 0.591. The van der Waals surface area contributed by atoms with Gasteiger partial charge in [-0.1, -0.05) is 0 Å². The molecule has 1 fully saturated rings. The Morgan fingerprint density at radius 1 is 1.53 bits per heavy atom. The van der Waals surface area contributed by atoms with E-state index in [1.54, 1.807) is 7.11 Å². The first kappa shape index (κ1) is 12.9. The van der Waals surface area contributed by atoms with Crippen molar-refractivity contribution in [3.05, 3.63) is 0 Å². The topological polar surface area (TPSA) is 33.7 Å². The molecule has 0 aromatic carbocycles. The fourth-order valence-electron chi connectivity index (χ4n) is 1.96. The molecule has 1 N–H and O–H groups in total. The molecule has 0 aliphatic carbocycles. The average Bonchev–Trinajstić information content (AvgIpc) is 2.28. The van der Waals surface area contributed by atoms with E-state index < -0.39 is 0 Å². The Kier molecular flexibility index (Phi) is 5.53. The molecule has 1 aliphatic rings. The van der Waals surface area contributed by atoms with Gasteiger partial charge < -0.3 is 14.8 Å². The smallest absolute Gasteiger partial charge is 0.0826 e. The van der Waals surface area contributed by atoms with Gasteiger partial charge in [0, 0.05) is 32.8 Å². The Hall–Kier alpha value is -0.160. The zero-order valence-corrected chi connectivity index (χ0v) is 10.3. The van der Waals surface area contributed by atoms with Gasteiger partial charge in [-0.05, 0) is 20.9 Å². The molecule has 0 bridgehead atoms. The molecule has 4 nitrogen and oxygen atoms in total. The summed E-state index contributed by atoms with van der Waals surface area (Å²) >= 11 is 0. The highest BCUT2D eigenvalue weighted by Gasteiger charge is 2.26. The van der Waals surface area contributed by atoms with Crippen molar-refractivity contribution in [1.29, 1.82) is 0 Å². The number of likely N-dealkylation sites (N-methyl/N-ethyl adjacent to an activating group) is 1. The second-order valence-electron chi connectivity index (χ2n) is 4.23. The lowest BCUT2D eigenvalue weighted by atomic mass is 10.1. The van der Waals surface area contributed by atoms with E-state index in [1.165, 1.54) is 0 Å². The van der Waals surface area contributed by atoms with Crippen molar-refractivity contribution in [3.63, 3.8) is 0 Å². The van der Waals surface area contributed by atoms with Crippen LogP contribution in [0.4, 0.5) is 0 Å². The third-order valence-electron chi connectivity index (χ3n) is 3.23. The molecule has 15 heavy (non-hydrogen) atoms. The van der Waals surface area contributed by atoms with Crippen LogP contribution < -0.4 is 5.32 Å². The van der Waals surface area contributed by atoms with Crippen molar-refractivity contribution < 1.29 is 9.47 Å². The number of hydrogen-bond acceptors (Lipinski definition) is 4. The van der Waals surface area contributed by atoms with Crippen molar-refractivity contribution in [2.45, 2.75) is 32.1 Å². The first-order chi connectivity index (χ1) is 7.19. The van der Waals surface area contributed by atoms with Gasteiger partial charge in [-0.25, -0.2) is 0 Å². The molecular weight excluding hydrogens is 192 g/mol. The largest absolute Gasteiger partial charge is 0.380 e. The van der Waals surface area contributed by atoms with Crippen molar-refractivity contribution in [2.75, 3.05) is 40.4 Å². The van der Waals surface area contributed by atoms with E-state index in [0.717, 1.165) is 26.2 Å². The molecule has 1 rings (SSSR count). The highest BCUT2D eigenvalue weighted by atomic mass is 16.5. The minimum Gasteiger partial charge on any atom is -0.380 e. The molecule has 0 amide bonds. The lowest BCUT2D eigenvalue weighted by Crippen LogP contribution is -2.52. The second kappa shape index (κ2) is 6.43. The van der Waals surface area contributed by atoms with E-state index in [9.17, 15) is 0 Å². The van der Waals surface area contributed by atoms with E-state index in [1.807, 2.05) is 7.05 Å². The predicted octanol–water partition coefficient (Wildman–Crippen LogP) is 0.330. The molecule has 3 atom stereocenters. The SMILES string of the molecule is CNCC1CN(C(C)C(C)OC)CCO1. The van der Waals surface area contributed by atoms with Crippen LogP contribution in [-0.2, 0) is 9.47 Å². The summed E-state index contributed by atoms with van der Waals surface area (Å²) < 4.78 is 11.0. The zero-order valence-electron chi connectivity index (χ0n) is 10.3. The van der Waals surface area contributed by atoms with E-state index >= 15 is 0 Å². The minimum atomic E-state index is 0.276. The molecule has 4 heteroatoms. The summed E-state index contributed by atoms with van der Waals surface area (Å²) in [4.78, 5) is 2.44. The van der Waals surface area contributed by atoms with Crippen molar-refractivity contribution in [3.8, 4) is 0 Å². The summed E-state index contributed by atoms with van der Waals surface area (Å²) in [6, 6.07) is 0.457. The predicted molar refractivity (Wildman–Crippen MR) is 61.2 cm³/mol. The first-order valence-electron chi connectivity index (χ1n) is 5.72. The maximum absolute atomic E-state index is 5.67. The van der Waals surface area contributed by atoms with E-state index in [0.29, 0.717) is 12.1 Å².